The Balaban J connectivity index is 5.82. The topological polar surface area (TPSA) is 46.2 Å². The van der Waals surface area contributed by atoms with Crippen LogP contribution < -0.4 is 5.32 Å². The molecule has 22 heteroatoms. The van der Waals surface area contributed by atoms with Gasteiger partial charge < -0.3 is 9.80 Å². The van der Waals surface area contributed by atoms with Crippen LogP contribution in [-0.4, -0.2) is 108 Å². The second kappa shape index (κ2) is 11.6. The molecule has 0 aliphatic heterocycles. The number of hydrogen-bond donors (Lipinski definition) is 1. The van der Waals surface area contributed by atoms with E-state index in [0.29, 0.717) is 17.4 Å². The second-order valence-electron chi connectivity index (χ2n) is 9.40. The van der Waals surface area contributed by atoms with Crippen LogP contribution in [0.1, 0.15) is 12.8 Å². The summed E-state index contributed by atoms with van der Waals surface area (Å²) in [5.41, 5.74) is 0. The van der Waals surface area contributed by atoms with E-state index in [2.05, 4.69) is 5.32 Å². The third kappa shape index (κ3) is 7.23. The summed E-state index contributed by atoms with van der Waals surface area (Å²) >= 11 is 0. The van der Waals surface area contributed by atoms with Crippen LogP contribution in [0.2, 0.25) is 0 Å². The van der Waals surface area contributed by atoms with Gasteiger partial charge in [-0.05, 0) is 0 Å². The van der Waals surface area contributed by atoms with E-state index in [-0.39, 0.29) is 6.54 Å². The summed E-state index contributed by atoms with van der Waals surface area (Å²) in [5, 5.41) is 2.12. The lowest BCUT2D eigenvalue weighted by molar-refractivity contribution is -0.870. The lowest BCUT2D eigenvalue weighted by Gasteiger charge is -2.42. The molecule has 0 saturated heterocycles. The first kappa shape index (κ1) is 38.4. The highest BCUT2D eigenvalue weighted by molar-refractivity contribution is 7.85. The first-order chi connectivity index (χ1) is 17.2. The van der Waals surface area contributed by atoms with Gasteiger partial charge in [0, 0.05) is 35.9 Å². The zero-order chi connectivity index (χ0) is 32.6. The van der Waals surface area contributed by atoms with Crippen LogP contribution in [0.25, 0.3) is 0 Å². The summed E-state index contributed by atoms with van der Waals surface area (Å²) in [4.78, 5) is 11.6. The Kier molecular flexibility index (Phi) is 11.1. The van der Waals surface area contributed by atoms with Crippen molar-refractivity contribution < 1.29 is 88.1 Å². The number of rotatable bonds is 15. The van der Waals surface area contributed by atoms with E-state index in [1.807, 2.05) is 0 Å². The van der Waals surface area contributed by atoms with Gasteiger partial charge in [0.15, 0.2) is 0 Å². The molecule has 1 amide bonds. The number of nitrogens with zero attached hydrogens (tertiary/aromatic N) is 1. The molecular weight excluding hydrogens is 631 g/mol. The third-order valence-corrected chi connectivity index (χ3v) is 6.29. The summed E-state index contributed by atoms with van der Waals surface area (Å²) in [6.45, 7) is 0.426. The number of halogens is 17. The van der Waals surface area contributed by atoms with E-state index >= 15 is 0 Å². The highest BCUT2D eigenvalue weighted by atomic mass is 32.2. The van der Waals surface area contributed by atoms with E-state index in [0.717, 1.165) is 0 Å². The van der Waals surface area contributed by atoms with Crippen molar-refractivity contribution in [1.82, 2.24) is 5.32 Å². The third-order valence-electron chi connectivity index (χ3n) is 5.05. The first-order valence-electron chi connectivity index (χ1n) is 10.4. The number of quaternary nitrogens is 1. The van der Waals surface area contributed by atoms with Gasteiger partial charge >= 0.3 is 47.6 Å². The van der Waals surface area contributed by atoms with Gasteiger partial charge in [-0.2, -0.15) is 74.6 Å². The smallest absolute Gasteiger partial charge is 0.355 e. The van der Waals surface area contributed by atoms with Crippen molar-refractivity contribution in [2.24, 2.45) is 0 Å². The zero-order valence-electron chi connectivity index (χ0n) is 20.3. The van der Waals surface area contributed by atoms with Crippen molar-refractivity contribution in [2.45, 2.75) is 60.5 Å². The van der Waals surface area contributed by atoms with Gasteiger partial charge in [0.2, 0.25) is 5.91 Å². The van der Waals surface area contributed by atoms with Crippen LogP contribution in [0.4, 0.5) is 74.6 Å². The van der Waals surface area contributed by atoms with Gasteiger partial charge in [0.25, 0.3) is 0 Å². The molecule has 1 atom stereocenters. The van der Waals surface area contributed by atoms with Crippen LogP contribution in [0, 0.1) is 0 Å². The van der Waals surface area contributed by atoms with Crippen molar-refractivity contribution in [3.63, 3.8) is 0 Å². The van der Waals surface area contributed by atoms with E-state index in [1.54, 1.807) is 21.1 Å². The number of nitrogens with one attached hydrogen (secondary N) is 1. The molecule has 0 aliphatic carbocycles. The van der Waals surface area contributed by atoms with Gasteiger partial charge in [-0.3, -0.25) is 9.00 Å². The minimum atomic E-state index is -8.70. The fourth-order valence-electron chi connectivity index (χ4n) is 2.65. The predicted molar refractivity (Wildman–Crippen MR) is 104 cm³/mol. The number of carbonyl (C=O) groups is 1. The second-order valence-corrected chi connectivity index (χ2v) is 11.0. The molecule has 0 fully saturated rings. The van der Waals surface area contributed by atoms with Crippen molar-refractivity contribution >= 4 is 16.7 Å². The Labute approximate surface area is 217 Å². The maximum Gasteiger partial charge on any atom is 0.460 e. The Hall–Kier alpha value is -1.61. The zero-order valence-corrected chi connectivity index (χ0v) is 21.2. The van der Waals surface area contributed by atoms with Crippen molar-refractivity contribution in [2.75, 3.05) is 45.7 Å². The molecule has 0 radical (unpaired) electrons. The van der Waals surface area contributed by atoms with Gasteiger partial charge in [-0.15, -0.1) is 0 Å². The van der Waals surface area contributed by atoms with Crippen LogP contribution in [0.5, 0.6) is 0 Å². The maximum absolute atomic E-state index is 13.8. The predicted octanol–water partition coefficient (Wildman–Crippen LogP) is 5.35. The average Bonchev–Trinajstić information content (AvgIpc) is 2.73. The summed E-state index contributed by atoms with van der Waals surface area (Å²) in [7, 11) is 2.37. The Morgan fingerprint density at radius 1 is 0.650 bits per heavy atom. The summed E-state index contributed by atoms with van der Waals surface area (Å²) < 4.78 is 237. The monoisotopic (exact) mass is 653 g/mol. The van der Waals surface area contributed by atoms with Crippen LogP contribution >= 0.6 is 0 Å². The number of amides is 1. The highest BCUT2D eigenvalue weighted by Gasteiger charge is 2.95. The van der Waals surface area contributed by atoms with Gasteiger partial charge in [0.1, 0.15) is 5.75 Å². The minimum absolute atomic E-state index is 0.0622. The van der Waals surface area contributed by atoms with Gasteiger partial charge in [-0.25, -0.2) is 0 Å². The molecule has 40 heavy (non-hydrogen) atoms. The highest BCUT2D eigenvalue weighted by Crippen LogP contribution is 2.64. The molecule has 0 saturated carbocycles. The molecule has 1 unspecified atom stereocenters. The molecular formula is C18H22F17N2O2S+. The van der Waals surface area contributed by atoms with E-state index < -0.39 is 82.3 Å². The van der Waals surface area contributed by atoms with E-state index in [9.17, 15) is 83.6 Å². The van der Waals surface area contributed by atoms with Crippen molar-refractivity contribution in [1.29, 1.82) is 0 Å². The minimum Gasteiger partial charge on any atom is -0.355 e. The molecule has 0 bridgehead atoms. The summed E-state index contributed by atoms with van der Waals surface area (Å²) in [6, 6.07) is 0. The van der Waals surface area contributed by atoms with Crippen LogP contribution in [-0.2, 0) is 15.6 Å². The van der Waals surface area contributed by atoms with Crippen LogP contribution in [0.3, 0.4) is 0 Å². The summed E-state index contributed by atoms with van der Waals surface area (Å²) in [6.07, 6.45) is -10.3. The SMILES string of the molecule is C[N+](C)(C)CCCNC(=O)CS(=O)CCC(F)(F)C(F)(F)C(F)(F)C(F)(F)C(F)(F)C(F)(F)C(F)(F)C(F)(F)F. The average molecular weight is 653 g/mol. The lowest BCUT2D eigenvalue weighted by atomic mass is 9.88. The summed E-state index contributed by atoms with van der Waals surface area (Å²) in [5.74, 6) is -61.2. The largest absolute Gasteiger partial charge is 0.460 e. The standard InChI is InChI=1S/C18H21F17N2O2S/c1-37(2,3)7-4-6-36-10(38)9-40(39)8-5-11(19,20)12(21,22)13(23,24)14(25,26)15(27,28)16(29,30)17(31,32)18(33,34)35/h4-9H2,1-3H3/p+1. The molecule has 0 aliphatic rings. The fraction of sp³-hybridized carbons (Fsp3) is 0.944. The van der Waals surface area contributed by atoms with Gasteiger partial charge in [-0.1, -0.05) is 0 Å². The lowest BCUT2D eigenvalue weighted by Crippen LogP contribution is -2.74. The molecule has 1 N–H and O–H groups in total. The fourth-order valence-corrected chi connectivity index (χ4v) is 3.67. The number of hydrogen-bond acceptors (Lipinski definition) is 2. The molecule has 0 spiro atoms. The Morgan fingerprint density at radius 2 is 1.02 bits per heavy atom. The Morgan fingerprint density at radius 3 is 1.40 bits per heavy atom. The van der Waals surface area contributed by atoms with Crippen LogP contribution in [0.15, 0.2) is 0 Å². The van der Waals surface area contributed by atoms with E-state index in [1.165, 1.54) is 0 Å². The molecule has 0 heterocycles. The molecule has 4 nitrogen and oxygen atoms in total. The van der Waals surface area contributed by atoms with Crippen molar-refractivity contribution in [3.05, 3.63) is 0 Å². The molecule has 0 rings (SSSR count). The normalized spacial score (nSPS) is 16.2. The molecule has 240 valence electrons. The quantitative estimate of drug-likeness (QED) is 0.147. The van der Waals surface area contributed by atoms with E-state index in [4.69, 9.17) is 0 Å². The van der Waals surface area contributed by atoms with Crippen molar-refractivity contribution in [3.8, 4) is 0 Å². The molecule has 0 aromatic rings. The molecule has 0 aromatic carbocycles. The first-order valence-corrected chi connectivity index (χ1v) is 11.9. The number of alkyl halides is 17. The molecule has 0 aromatic heterocycles. The number of carbonyl (C=O) groups excluding carboxylic acids is 1. The maximum atomic E-state index is 13.8. The Bertz CT molecular complexity index is 913. The van der Waals surface area contributed by atoms with Gasteiger partial charge in [0.05, 0.1) is 27.7 Å².